The summed E-state index contributed by atoms with van der Waals surface area (Å²) >= 11 is 1.48. The first-order valence-electron chi connectivity index (χ1n) is 6.94. The average Bonchev–Trinajstić information content (AvgIpc) is 2.92. The van der Waals surface area contributed by atoms with E-state index in [9.17, 15) is 9.59 Å². The highest BCUT2D eigenvalue weighted by atomic mass is 32.1. The van der Waals surface area contributed by atoms with Crippen molar-refractivity contribution in [2.75, 3.05) is 7.05 Å². The fourth-order valence-electron chi connectivity index (χ4n) is 2.06. The van der Waals surface area contributed by atoms with Gasteiger partial charge in [0.1, 0.15) is 0 Å². The summed E-state index contributed by atoms with van der Waals surface area (Å²) in [6.07, 6.45) is 0.539. The molecule has 0 aliphatic carbocycles. The quantitative estimate of drug-likeness (QED) is 0.763. The maximum atomic E-state index is 12.1. The summed E-state index contributed by atoms with van der Waals surface area (Å²) in [5.41, 5.74) is 1.09. The molecule has 21 heavy (non-hydrogen) atoms. The molecule has 2 aromatic rings. The molecule has 1 aromatic carbocycles. The molecule has 0 bridgehead atoms. The zero-order chi connectivity index (χ0) is 15.2. The molecule has 1 aromatic heterocycles. The minimum absolute atomic E-state index is 0.000445. The fourth-order valence-corrected chi connectivity index (χ4v) is 2.90. The van der Waals surface area contributed by atoms with Gasteiger partial charge >= 0.3 is 0 Å². The van der Waals surface area contributed by atoms with Gasteiger partial charge in [0.2, 0.25) is 5.91 Å². The molecule has 3 nitrogen and oxygen atoms in total. The standard InChI is InChI=1S/C17H19NO2S/c1-13-8-10-16(21-13)15(19)9-11-17(20)18(2)12-14-6-4-3-5-7-14/h3-8,10H,9,11-12H2,1-2H3. The Bertz CT molecular complexity index is 619. The molecule has 1 heterocycles. The van der Waals surface area contributed by atoms with Crippen molar-refractivity contribution in [1.82, 2.24) is 4.90 Å². The average molecular weight is 301 g/mol. The third kappa shape index (κ3) is 4.53. The van der Waals surface area contributed by atoms with Gasteiger partial charge in [-0.25, -0.2) is 0 Å². The van der Waals surface area contributed by atoms with Crippen molar-refractivity contribution in [2.45, 2.75) is 26.3 Å². The molecule has 0 aliphatic heterocycles. The van der Waals surface area contributed by atoms with Crippen LogP contribution in [0.3, 0.4) is 0 Å². The number of Topliss-reactive ketones (excluding diaryl/α,β-unsaturated/α-hetero) is 1. The minimum Gasteiger partial charge on any atom is -0.341 e. The first-order valence-corrected chi connectivity index (χ1v) is 7.75. The van der Waals surface area contributed by atoms with Gasteiger partial charge < -0.3 is 4.90 Å². The monoisotopic (exact) mass is 301 g/mol. The van der Waals surface area contributed by atoms with Gasteiger partial charge in [0.05, 0.1) is 4.88 Å². The van der Waals surface area contributed by atoms with E-state index in [0.29, 0.717) is 6.54 Å². The highest BCUT2D eigenvalue weighted by molar-refractivity contribution is 7.14. The predicted molar refractivity (Wildman–Crippen MR) is 85.5 cm³/mol. The van der Waals surface area contributed by atoms with Gasteiger partial charge in [-0.1, -0.05) is 30.3 Å². The SMILES string of the molecule is Cc1ccc(C(=O)CCC(=O)N(C)Cc2ccccc2)s1. The van der Waals surface area contributed by atoms with Crippen LogP contribution in [-0.4, -0.2) is 23.6 Å². The van der Waals surface area contributed by atoms with Crippen molar-refractivity contribution >= 4 is 23.0 Å². The van der Waals surface area contributed by atoms with Crippen molar-refractivity contribution in [3.8, 4) is 0 Å². The van der Waals surface area contributed by atoms with Crippen molar-refractivity contribution in [3.05, 3.63) is 57.8 Å². The molecule has 2 rings (SSSR count). The van der Waals surface area contributed by atoms with Gasteiger partial charge in [0, 0.05) is 31.3 Å². The number of benzene rings is 1. The first-order chi connectivity index (χ1) is 10.1. The van der Waals surface area contributed by atoms with E-state index in [2.05, 4.69) is 0 Å². The lowest BCUT2D eigenvalue weighted by atomic mass is 10.1. The predicted octanol–water partition coefficient (Wildman–Crippen LogP) is 3.68. The largest absolute Gasteiger partial charge is 0.341 e. The summed E-state index contributed by atoms with van der Waals surface area (Å²) < 4.78 is 0. The molecule has 0 saturated heterocycles. The topological polar surface area (TPSA) is 37.4 Å². The normalized spacial score (nSPS) is 10.4. The molecule has 0 radical (unpaired) electrons. The van der Waals surface area contributed by atoms with Crippen LogP contribution < -0.4 is 0 Å². The van der Waals surface area contributed by atoms with Crippen molar-refractivity contribution in [2.24, 2.45) is 0 Å². The van der Waals surface area contributed by atoms with Crippen molar-refractivity contribution in [1.29, 1.82) is 0 Å². The summed E-state index contributed by atoms with van der Waals surface area (Å²) in [6, 6.07) is 13.6. The van der Waals surface area contributed by atoms with Crippen LogP contribution in [0.15, 0.2) is 42.5 Å². The Morgan fingerprint density at radius 3 is 2.38 bits per heavy atom. The van der Waals surface area contributed by atoms with E-state index >= 15 is 0 Å². The number of ketones is 1. The van der Waals surface area contributed by atoms with Crippen molar-refractivity contribution < 1.29 is 9.59 Å². The summed E-state index contributed by atoms with van der Waals surface area (Å²) in [5, 5.41) is 0. The Labute approximate surface area is 129 Å². The molecule has 0 spiro atoms. The van der Waals surface area contributed by atoms with Gasteiger partial charge in [-0.2, -0.15) is 0 Å². The van der Waals surface area contributed by atoms with Crippen molar-refractivity contribution in [3.63, 3.8) is 0 Å². The van der Waals surface area contributed by atoms with Crippen LogP contribution in [0.25, 0.3) is 0 Å². The van der Waals surface area contributed by atoms with Gasteiger partial charge in [-0.3, -0.25) is 9.59 Å². The maximum absolute atomic E-state index is 12.1. The lowest BCUT2D eigenvalue weighted by molar-refractivity contribution is -0.130. The fraction of sp³-hybridized carbons (Fsp3) is 0.294. The lowest BCUT2D eigenvalue weighted by Crippen LogP contribution is -2.26. The first kappa shape index (κ1) is 15.4. The Hall–Kier alpha value is -1.94. The molecule has 0 saturated carbocycles. The Morgan fingerprint density at radius 2 is 1.76 bits per heavy atom. The number of carbonyl (C=O) groups excluding carboxylic acids is 2. The number of aryl methyl sites for hydroxylation is 1. The highest BCUT2D eigenvalue weighted by Gasteiger charge is 2.14. The summed E-state index contributed by atoms with van der Waals surface area (Å²) in [6.45, 7) is 2.55. The van der Waals surface area contributed by atoms with Crippen LogP contribution in [0.5, 0.6) is 0 Å². The number of rotatable bonds is 6. The zero-order valence-electron chi connectivity index (χ0n) is 12.3. The zero-order valence-corrected chi connectivity index (χ0v) is 13.2. The molecule has 0 N–H and O–H groups in total. The molecule has 4 heteroatoms. The van der Waals surface area contributed by atoms with Crippen LogP contribution in [0.1, 0.15) is 33.0 Å². The molecule has 1 amide bonds. The Morgan fingerprint density at radius 1 is 1.05 bits per heavy atom. The van der Waals surface area contributed by atoms with E-state index in [1.54, 1.807) is 11.9 Å². The van der Waals surface area contributed by atoms with Crippen LogP contribution in [0.2, 0.25) is 0 Å². The molecule has 0 atom stereocenters. The van der Waals surface area contributed by atoms with E-state index in [-0.39, 0.29) is 24.5 Å². The Kier molecular flexibility index (Phi) is 5.28. The third-order valence-electron chi connectivity index (χ3n) is 3.27. The second-order valence-electron chi connectivity index (χ2n) is 5.07. The molecule has 110 valence electrons. The third-order valence-corrected chi connectivity index (χ3v) is 4.31. The van der Waals surface area contributed by atoms with E-state index < -0.39 is 0 Å². The minimum atomic E-state index is 0.000445. The molecule has 0 unspecified atom stereocenters. The highest BCUT2D eigenvalue weighted by Crippen LogP contribution is 2.17. The number of carbonyl (C=O) groups is 2. The molecule has 0 fully saturated rings. The molecular formula is C17H19NO2S. The van der Waals surface area contributed by atoms with E-state index in [0.717, 1.165) is 15.3 Å². The van der Waals surface area contributed by atoms with Crippen LogP contribution in [0, 0.1) is 6.92 Å². The van der Waals surface area contributed by atoms with Gasteiger partial charge in [0.25, 0.3) is 0 Å². The van der Waals surface area contributed by atoms with Gasteiger partial charge in [0.15, 0.2) is 5.78 Å². The summed E-state index contributed by atoms with van der Waals surface area (Å²) in [4.78, 5) is 27.6. The smallest absolute Gasteiger partial charge is 0.223 e. The Balaban J connectivity index is 1.82. The maximum Gasteiger partial charge on any atom is 0.223 e. The van der Waals surface area contributed by atoms with E-state index in [1.165, 1.54) is 11.3 Å². The lowest BCUT2D eigenvalue weighted by Gasteiger charge is -2.17. The number of amides is 1. The van der Waals surface area contributed by atoms with Gasteiger partial charge in [-0.15, -0.1) is 11.3 Å². The summed E-state index contributed by atoms with van der Waals surface area (Å²) in [7, 11) is 1.77. The van der Waals surface area contributed by atoms with E-state index in [4.69, 9.17) is 0 Å². The second-order valence-corrected chi connectivity index (χ2v) is 6.36. The van der Waals surface area contributed by atoms with E-state index in [1.807, 2.05) is 49.4 Å². The number of hydrogen-bond acceptors (Lipinski definition) is 3. The summed E-state index contributed by atoms with van der Waals surface area (Å²) in [5.74, 6) is 0.0510. The van der Waals surface area contributed by atoms with Gasteiger partial charge in [-0.05, 0) is 24.6 Å². The molecule has 0 aliphatic rings. The van der Waals surface area contributed by atoms with Crippen LogP contribution >= 0.6 is 11.3 Å². The van der Waals surface area contributed by atoms with Crippen LogP contribution in [-0.2, 0) is 11.3 Å². The number of thiophene rings is 1. The number of hydrogen-bond donors (Lipinski definition) is 0. The molecular weight excluding hydrogens is 282 g/mol. The second kappa shape index (κ2) is 7.18. The van der Waals surface area contributed by atoms with Crippen LogP contribution in [0.4, 0.5) is 0 Å². The number of nitrogens with zero attached hydrogens (tertiary/aromatic N) is 1.